The van der Waals surface area contributed by atoms with Crippen LogP contribution in [0.25, 0.3) is 21.7 Å². The van der Waals surface area contributed by atoms with Crippen molar-refractivity contribution in [3.05, 3.63) is 96.7 Å². The number of hydrogen-bond acceptors (Lipinski definition) is 3. The summed E-state index contributed by atoms with van der Waals surface area (Å²) in [4.78, 5) is 2.38. The van der Waals surface area contributed by atoms with Gasteiger partial charge in [-0.25, -0.2) is 12.4 Å². The van der Waals surface area contributed by atoms with Gasteiger partial charge < -0.3 is 0 Å². The molecule has 1 saturated heterocycles. The number of nitrogens with zero attached hydrogens (tertiary/aromatic N) is 2. The summed E-state index contributed by atoms with van der Waals surface area (Å²) in [5, 5.41) is 2.28. The van der Waals surface area contributed by atoms with Crippen molar-refractivity contribution in [3.8, 4) is 0 Å². The first-order valence-corrected chi connectivity index (χ1v) is 11.8. The molecule has 0 saturated carbocycles. The van der Waals surface area contributed by atoms with Gasteiger partial charge in [0, 0.05) is 18.1 Å². The van der Waals surface area contributed by atoms with E-state index in [2.05, 4.69) is 17.5 Å². The van der Waals surface area contributed by atoms with Gasteiger partial charge in [-0.15, -0.1) is 6.58 Å². The average molecular weight is 417 g/mol. The van der Waals surface area contributed by atoms with Gasteiger partial charge in [-0.3, -0.25) is 4.90 Å². The van der Waals surface area contributed by atoms with Crippen LogP contribution in [-0.4, -0.2) is 30.4 Å². The lowest BCUT2D eigenvalue weighted by atomic mass is 10.1. The maximum absolute atomic E-state index is 13.7. The van der Waals surface area contributed by atoms with E-state index in [1.54, 1.807) is 6.20 Å². The van der Waals surface area contributed by atoms with Crippen molar-refractivity contribution >= 4 is 31.7 Å². The second kappa shape index (κ2) is 7.42. The zero-order valence-electron chi connectivity index (χ0n) is 16.7. The van der Waals surface area contributed by atoms with Crippen LogP contribution >= 0.6 is 0 Å². The van der Waals surface area contributed by atoms with E-state index in [9.17, 15) is 8.42 Å². The zero-order chi connectivity index (χ0) is 20.7. The molecule has 152 valence electrons. The van der Waals surface area contributed by atoms with Gasteiger partial charge in [0.2, 0.25) is 10.0 Å². The third kappa shape index (κ3) is 3.15. The molecule has 1 unspecified atom stereocenters. The third-order valence-electron chi connectivity index (χ3n) is 6.04. The van der Waals surface area contributed by atoms with Crippen molar-refractivity contribution in [1.29, 1.82) is 0 Å². The molecule has 1 aromatic heterocycles. The Morgan fingerprint density at radius 3 is 2.50 bits per heavy atom. The lowest BCUT2D eigenvalue weighted by Crippen LogP contribution is -2.36. The summed E-state index contributed by atoms with van der Waals surface area (Å²) in [6.45, 7) is 6.92. The van der Waals surface area contributed by atoms with Gasteiger partial charge in [-0.2, -0.15) is 0 Å². The number of benzene rings is 3. The standard InChI is InChI=1S/C25H24N2O2S/c1-2-25(21-12-11-19-7-3-4-8-20(19)17-21)30(28,29)27-16-13-23-22(9-5-10-24(23)27)18-26-14-6-15-26/h2-5,7-13,16-17,25H,1,6,14-15,18H2. The quantitative estimate of drug-likeness (QED) is 0.411. The summed E-state index contributed by atoms with van der Waals surface area (Å²) < 4.78 is 28.7. The molecule has 1 aliphatic heterocycles. The minimum atomic E-state index is -3.71. The Balaban J connectivity index is 1.58. The van der Waals surface area contributed by atoms with Crippen molar-refractivity contribution in [2.75, 3.05) is 13.1 Å². The van der Waals surface area contributed by atoms with E-state index in [1.807, 2.05) is 60.7 Å². The fourth-order valence-electron chi connectivity index (χ4n) is 4.28. The van der Waals surface area contributed by atoms with Crippen LogP contribution in [0.2, 0.25) is 0 Å². The third-order valence-corrected chi connectivity index (χ3v) is 8.01. The lowest BCUT2D eigenvalue weighted by Gasteiger charge is -2.30. The van der Waals surface area contributed by atoms with Crippen molar-refractivity contribution in [3.63, 3.8) is 0 Å². The Labute approximate surface area is 177 Å². The summed E-state index contributed by atoms with van der Waals surface area (Å²) in [7, 11) is -3.71. The molecule has 3 aromatic carbocycles. The largest absolute Gasteiger partial charge is 0.299 e. The van der Waals surface area contributed by atoms with Crippen molar-refractivity contribution in [2.24, 2.45) is 0 Å². The highest BCUT2D eigenvalue weighted by atomic mass is 32.2. The number of aromatic nitrogens is 1. The fraction of sp³-hybridized carbons (Fsp3) is 0.200. The van der Waals surface area contributed by atoms with Gasteiger partial charge in [0.05, 0.1) is 5.52 Å². The lowest BCUT2D eigenvalue weighted by molar-refractivity contribution is 0.173. The Morgan fingerprint density at radius 2 is 1.77 bits per heavy atom. The molecule has 2 heterocycles. The summed E-state index contributed by atoms with van der Waals surface area (Å²) in [6.07, 6.45) is 4.44. The van der Waals surface area contributed by atoms with Gasteiger partial charge in [0.15, 0.2) is 0 Å². The molecule has 5 rings (SSSR count). The van der Waals surface area contributed by atoms with E-state index < -0.39 is 15.3 Å². The van der Waals surface area contributed by atoms with Crippen molar-refractivity contribution < 1.29 is 8.42 Å². The molecule has 0 bridgehead atoms. The van der Waals surface area contributed by atoms with Crippen LogP contribution in [0.1, 0.15) is 22.8 Å². The molecule has 30 heavy (non-hydrogen) atoms. The SMILES string of the molecule is C=CC(c1ccc2ccccc2c1)S(=O)(=O)n1ccc2c(CN3CCC3)cccc21. The van der Waals surface area contributed by atoms with E-state index in [0.717, 1.165) is 46.9 Å². The molecule has 1 fully saturated rings. The van der Waals surface area contributed by atoms with E-state index in [4.69, 9.17) is 0 Å². The highest BCUT2D eigenvalue weighted by Crippen LogP contribution is 2.32. The van der Waals surface area contributed by atoms with Gasteiger partial charge in [-0.1, -0.05) is 54.6 Å². The summed E-state index contributed by atoms with van der Waals surface area (Å²) in [5.74, 6) is 0. The summed E-state index contributed by atoms with van der Waals surface area (Å²) >= 11 is 0. The predicted molar refractivity (Wildman–Crippen MR) is 123 cm³/mol. The molecule has 0 spiro atoms. The van der Waals surface area contributed by atoms with Gasteiger partial charge in [-0.05, 0) is 59.6 Å². The normalized spacial score (nSPS) is 15.9. The highest BCUT2D eigenvalue weighted by Gasteiger charge is 2.28. The first kappa shape index (κ1) is 19.1. The molecule has 4 aromatic rings. The van der Waals surface area contributed by atoms with Gasteiger partial charge in [0.25, 0.3) is 0 Å². The summed E-state index contributed by atoms with van der Waals surface area (Å²) in [6, 6.07) is 21.6. The Morgan fingerprint density at radius 1 is 0.967 bits per heavy atom. The van der Waals surface area contributed by atoms with E-state index in [1.165, 1.54) is 22.0 Å². The Hall–Kier alpha value is -2.89. The minimum absolute atomic E-state index is 0.723. The molecular formula is C25H24N2O2S. The van der Waals surface area contributed by atoms with Crippen molar-refractivity contribution in [1.82, 2.24) is 8.87 Å². The predicted octanol–water partition coefficient (Wildman–Crippen LogP) is 5.11. The van der Waals surface area contributed by atoms with Gasteiger partial charge >= 0.3 is 0 Å². The topological polar surface area (TPSA) is 42.3 Å². The minimum Gasteiger partial charge on any atom is -0.299 e. The van der Waals surface area contributed by atoms with Crippen LogP contribution in [0.4, 0.5) is 0 Å². The van der Waals surface area contributed by atoms with E-state index in [-0.39, 0.29) is 0 Å². The highest BCUT2D eigenvalue weighted by molar-refractivity contribution is 7.90. The maximum Gasteiger partial charge on any atom is 0.249 e. The molecule has 5 heteroatoms. The Bertz CT molecular complexity index is 1350. The molecule has 1 aliphatic rings. The second-order valence-electron chi connectivity index (χ2n) is 7.90. The van der Waals surface area contributed by atoms with E-state index >= 15 is 0 Å². The number of hydrogen-bond donors (Lipinski definition) is 0. The van der Waals surface area contributed by atoms with Crippen LogP contribution in [-0.2, 0) is 16.6 Å². The first-order valence-electron chi connectivity index (χ1n) is 10.2. The number of rotatable bonds is 6. The molecule has 4 nitrogen and oxygen atoms in total. The monoisotopic (exact) mass is 416 g/mol. The molecule has 0 aliphatic carbocycles. The van der Waals surface area contributed by atoms with Gasteiger partial charge in [0.1, 0.15) is 5.25 Å². The Kier molecular flexibility index (Phi) is 4.72. The number of fused-ring (bicyclic) bond motifs is 2. The number of likely N-dealkylation sites (tertiary alicyclic amines) is 1. The molecule has 0 amide bonds. The molecule has 0 N–H and O–H groups in total. The summed E-state index contributed by atoms with van der Waals surface area (Å²) in [5.41, 5.74) is 2.62. The zero-order valence-corrected chi connectivity index (χ0v) is 17.6. The fourth-order valence-corrected chi connectivity index (χ4v) is 5.93. The van der Waals surface area contributed by atoms with Crippen LogP contribution in [0.3, 0.4) is 0 Å². The van der Waals surface area contributed by atoms with Crippen LogP contribution in [0.5, 0.6) is 0 Å². The van der Waals surface area contributed by atoms with Crippen LogP contribution in [0.15, 0.2) is 85.6 Å². The van der Waals surface area contributed by atoms with Crippen LogP contribution < -0.4 is 0 Å². The maximum atomic E-state index is 13.7. The molecule has 1 atom stereocenters. The molecular weight excluding hydrogens is 392 g/mol. The smallest absolute Gasteiger partial charge is 0.249 e. The first-order chi connectivity index (χ1) is 14.6. The van der Waals surface area contributed by atoms with Crippen LogP contribution in [0, 0.1) is 0 Å². The molecule has 0 radical (unpaired) electrons. The van der Waals surface area contributed by atoms with E-state index in [0.29, 0.717) is 0 Å². The average Bonchev–Trinajstić information content (AvgIpc) is 3.17. The van der Waals surface area contributed by atoms with Crippen molar-refractivity contribution in [2.45, 2.75) is 18.2 Å². The second-order valence-corrected chi connectivity index (χ2v) is 9.83.